The van der Waals surface area contributed by atoms with Gasteiger partial charge in [0.1, 0.15) is 0 Å². The summed E-state index contributed by atoms with van der Waals surface area (Å²) in [5.41, 5.74) is 3.78. The predicted molar refractivity (Wildman–Crippen MR) is 109 cm³/mol. The number of methoxy groups -OCH3 is 1. The zero-order chi connectivity index (χ0) is 19.5. The van der Waals surface area contributed by atoms with Gasteiger partial charge < -0.3 is 4.74 Å². The number of carbonyl (C=O) groups excluding carboxylic acids is 2. The number of rotatable bonds is 4. The van der Waals surface area contributed by atoms with E-state index in [4.69, 9.17) is 0 Å². The van der Waals surface area contributed by atoms with Crippen molar-refractivity contribution in [1.29, 1.82) is 0 Å². The van der Waals surface area contributed by atoms with Crippen LogP contribution in [0.15, 0.2) is 67.0 Å². The van der Waals surface area contributed by atoms with Crippen LogP contribution >= 0.6 is 11.3 Å². The first kappa shape index (κ1) is 17.8. The molecule has 0 aliphatic heterocycles. The Morgan fingerprint density at radius 3 is 2.36 bits per heavy atom. The molecule has 2 aromatic carbocycles. The first-order valence-electron chi connectivity index (χ1n) is 8.45. The van der Waals surface area contributed by atoms with Gasteiger partial charge in [-0.1, -0.05) is 17.4 Å². The number of benzene rings is 2. The molecule has 0 spiro atoms. The number of pyridine rings is 1. The minimum Gasteiger partial charge on any atom is -0.465 e. The van der Waals surface area contributed by atoms with Crippen molar-refractivity contribution >= 4 is 38.6 Å². The van der Waals surface area contributed by atoms with Gasteiger partial charge in [0.05, 0.1) is 22.9 Å². The van der Waals surface area contributed by atoms with E-state index in [-0.39, 0.29) is 5.91 Å². The molecule has 1 amide bonds. The van der Waals surface area contributed by atoms with Gasteiger partial charge in [0.25, 0.3) is 5.91 Å². The molecule has 2 aromatic heterocycles. The highest BCUT2D eigenvalue weighted by Gasteiger charge is 2.12. The van der Waals surface area contributed by atoms with Gasteiger partial charge in [-0.15, -0.1) is 0 Å². The maximum Gasteiger partial charge on any atom is 0.337 e. The van der Waals surface area contributed by atoms with Crippen LogP contribution in [-0.2, 0) is 4.74 Å². The maximum absolute atomic E-state index is 12.5. The summed E-state index contributed by atoms with van der Waals surface area (Å²) in [6.07, 6.45) is 3.51. The van der Waals surface area contributed by atoms with Crippen LogP contribution in [0.5, 0.6) is 0 Å². The van der Waals surface area contributed by atoms with Crippen molar-refractivity contribution < 1.29 is 14.3 Å². The number of hydrogen-bond donors (Lipinski definition) is 1. The molecule has 1 N–H and O–H groups in total. The molecule has 0 radical (unpaired) electrons. The van der Waals surface area contributed by atoms with Crippen molar-refractivity contribution in [2.45, 2.75) is 0 Å². The third-order valence-corrected chi connectivity index (χ3v) is 5.12. The fourth-order valence-corrected chi connectivity index (χ4v) is 3.65. The number of nitrogens with zero attached hydrogens (tertiary/aromatic N) is 2. The number of amides is 1. The Kier molecular flexibility index (Phi) is 4.82. The lowest BCUT2D eigenvalue weighted by Gasteiger charge is -2.03. The molecule has 4 aromatic rings. The lowest BCUT2D eigenvalue weighted by Crippen LogP contribution is -2.12. The lowest BCUT2D eigenvalue weighted by atomic mass is 10.1. The minimum absolute atomic E-state index is 0.287. The number of ether oxygens (including phenoxy) is 1. The largest absolute Gasteiger partial charge is 0.465 e. The zero-order valence-corrected chi connectivity index (χ0v) is 15.7. The monoisotopic (exact) mass is 389 g/mol. The highest BCUT2D eigenvalue weighted by Crippen LogP contribution is 2.30. The molecule has 0 bridgehead atoms. The van der Waals surface area contributed by atoms with Crippen LogP contribution in [0.25, 0.3) is 21.3 Å². The van der Waals surface area contributed by atoms with Crippen LogP contribution in [0.1, 0.15) is 20.7 Å². The summed E-state index contributed by atoms with van der Waals surface area (Å²) in [5.74, 6) is -0.729. The molecular formula is C21H15N3O3S. The maximum atomic E-state index is 12.5. The van der Waals surface area contributed by atoms with Gasteiger partial charge in [0.2, 0.25) is 0 Å². The standard InChI is InChI=1S/C21H15N3O3S/c1-27-20(26)15-4-2-14(3-5-15)19(25)24-21-23-17-7-6-16(12-18(17)28-21)13-8-10-22-11-9-13/h2-12H,1H3,(H,23,24,25). The number of anilines is 1. The summed E-state index contributed by atoms with van der Waals surface area (Å²) in [6, 6.07) is 16.1. The van der Waals surface area contributed by atoms with Crippen LogP contribution in [0.4, 0.5) is 5.13 Å². The van der Waals surface area contributed by atoms with Crippen molar-refractivity contribution in [1.82, 2.24) is 9.97 Å². The van der Waals surface area contributed by atoms with Crippen LogP contribution in [-0.4, -0.2) is 29.0 Å². The molecule has 0 saturated heterocycles. The van der Waals surface area contributed by atoms with E-state index in [0.29, 0.717) is 16.3 Å². The van der Waals surface area contributed by atoms with Gasteiger partial charge in [-0.25, -0.2) is 9.78 Å². The number of carbonyl (C=O) groups is 2. The second kappa shape index (κ2) is 7.58. The van der Waals surface area contributed by atoms with Crippen molar-refractivity contribution in [2.75, 3.05) is 12.4 Å². The lowest BCUT2D eigenvalue weighted by molar-refractivity contribution is 0.0600. The first-order chi connectivity index (χ1) is 13.6. The molecule has 2 heterocycles. The van der Waals surface area contributed by atoms with E-state index in [2.05, 4.69) is 20.0 Å². The van der Waals surface area contributed by atoms with E-state index in [1.165, 1.54) is 18.4 Å². The second-order valence-electron chi connectivity index (χ2n) is 5.96. The smallest absolute Gasteiger partial charge is 0.337 e. The van der Waals surface area contributed by atoms with Crippen molar-refractivity contribution in [3.63, 3.8) is 0 Å². The summed E-state index contributed by atoms with van der Waals surface area (Å²) in [4.78, 5) is 32.5. The van der Waals surface area contributed by atoms with E-state index < -0.39 is 5.97 Å². The molecule has 0 aliphatic rings. The molecule has 0 unspecified atom stereocenters. The van der Waals surface area contributed by atoms with E-state index in [1.807, 2.05) is 30.3 Å². The molecule has 0 aliphatic carbocycles. The molecule has 6 nitrogen and oxygen atoms in total. The fourth-order valence-electron chi connectivity index (χ4n) is 2.75. The summed E-state index contributed by atoms with van der Waals surface area (Å²) in [6.45, 7) is 0. The van der Waals surface area contributed by atoms with Crippen LogP contribution in [0, 0.1) is 0 Å². The number of nitrogens with one attached hydrogen (secondary N) is 1. The number of aromatic nitrogens is 2. The quantitative estimate of drug-likeness (QED) is 0.523. The SMILES string of the molecule is COC(=O)c1ccc(C(=O)Nc2nc3ccc(-c4ccncc4)cc3s2)cc1. The van der Waals surface area contributed by atoms with Gasteiger partial charge in [-0.3, -0.25) is 15.1 Å². The van der Waals surface area contributed by atoms with Crippen molar-refractivity contribution in [3.8, 4) is 11.1 Å². The van der Waals surface area contributed by atoms with Gasteiger partial charge >= 0.3 is 5.97 Å². The molecule has 0 atom stereocenters. The Labute approximate surface area is 164 Å². The Bertz CT molecular complexity index is 1150. The average Bonchev–Trinajstić information content (AvgIpc) is 3.15. The molecule has 7 heteroatoms. The minimum atomic E-state index is -0.442. The summed E-state index contributed by atoms with van der Waals surface area (Å²) in [5, 5.41) is 3.33. The highest BCUT2D eigenvalue weighted by molar-refractivity contribution is 7.22. The molecule has 138 valence electrons. The zero-order valence-electron chi connectivity index (χ0n) is 14.9. The number of thiazole rings is 1. The van der Waals surface area contributed by atoms with E-state index >= 15 is 0 Å². The van der Waals surface area contributed by atoms with E-state index in [0.717, 1.165) is 21.3 Å². The highest BCUT2D eigenvalue weighted by atomic mass is 32.1. The fraction of sp³-hybridized carbons (Fsp3) is 0.0476. The summed E-state index contributed by atoms with van der Waals surface area (Å²) >= 11 is 1.41. The number of hydrogen-bond acceptors (Lipinski definition) is 6. The number of esters is 1. The van der Waals surface area contributed by atoms with Gasteiger partial charge in [-0.2, -0.15) is 0 Å². The van der Waals surface area contributed by atoms with Crippen LogP contribution < -0.4 is 5.32 Å². The third kappa shape index (κ3) is 3.60. The normalized spacial score (nSPS) is 10.6. The Balaban J connectivity index is 1.54. The first-order valence-corrected chi connectivity index (χ1v) is 9.26. The average molecular weight is 389 g/mol. The van der Waals surface area contributed by atoms with Gasteiger partial charge in [-0.05, 0) is 59.7 Å². The van der Waals surface area contributed by atoms with E-state index in [9.17, 15) is 9.59 Å². The molecule has 28 heavy (non-hydrogen) atoms. The van der Waals surface area contributed by atoms with Crippen LogP contribution in [0.3, 0.4) is 0 Å². The van der Waals surface area contributed by atoms with Crippen molar-refractivity contribution in [2.24, 2.45) is 0 Å². The van der Waals surface area contributed by atoms with Crippen LogP contribution in [0.2, 0.25) is 0 Å². The van der Waals surface area contributed by atoms with Crippen molar-refractivity contribution in [3.05, 3.63) is 78.1 Å². The Hall–Kier alpha value is -3.58. The predicted octanol–water partition coefficient (Wildman–Crippen LogP) is 4.40. The topological polar surface area (TPSA) is 81.2 Å². The molecular weight excluding hydrogens is 374 g/mol. The van der Waals surface area contributed by atoms with Gasteiger partial charge in [0, 0.05) is 18.0 Å². The summed E-state index contributed by atoms with van der Waals surface area (Å²) < 4.78 is 5.63. The second-order valence-corrected chi connectivity index (χ2v) is 6.99. The number of fused-ring (bicyclic) bond motifs is 1. The van der Waals surface area contributed by atoms with Gasteiger partial charge in [0.15, 0.2) is 5.13 Å². The molecule has 0 fully saturated rings. The Morgan fingerprint density at radius 2 is 1.64 bits per heavy atom. The molecule has 4 rings (SSSR count). The van der Waals surface area contributed by atoms with E-state index in [1.54, 1.807) is 36.7 Å². The summed E-state index contributed by atoms with van der Waals surface area (Å²) in [7, 11) is 1.32. The Morgan fingerprint density at radius 1 is 0.929 bits per heavy atom. The third-order valence-electron chi connectivity index (χ3n) is 4.19. The molecule has 0 saturated carbocycles.